The quantitative estimate of drug-likeness (QED) is 0.638. The molecule has 1 aromatic rings. The van der Waals surface area contributed by atoms with Crippen LogP contribution < -0.4 is 16.2 Å². The Bertz CT molecular complexity index is 354. The van der Waals surface area contributed by atoms with E-state index in [4.69, 9.17) is 29.0 Å². The normalized spacial score (nSPS) is 10.6. The summed E-state index contributed by atoms with van der Waals surface area (Å²) < 4.78 is 0. The maximum atomic E-state index is 6.04. The summed E-state index contributed by atoms with van der Waals surface area (Å²) in [6.07, 6.45) is 0. The molecule has 0 saturated carbocycles. The van der Waals surface area contributed by atoms with Crippen LogP contribution in [0.25, 0.3) is 0 Å². The molecule has 84 valence electrons. The van der Waals surface area contributed by atoms with Gasteiger partial charge in [-0.15, -0.1) is 0 Å². The van der Waals surface area contributed by atoms with E-state index < -0.39 is 0 Å². The third kappa shape index (κ3) is 2.65. The Morgan fingerprint density at radius 2 is 2.00 bits per heavy atom. The predicted octanol–water partition coefficient (Wildman–Crippen LogP) is 2.52. The predicted molar refractivity (Wildman–Crippen MR) is 65.6 cm³/mol. The number of rotatable bonds is 3. The van der Waals surface area contributed by atoms with Crippen molar-refractivity contribution in [1.29, 1.82) is 0 Å². The van der Waals surface area contributed by atoms with Crippen molar-refractivity contribution in [3.8, 4) is 0 Å². The summed E-state index contributed by atoms with van der Waals surface area (Å²) in [5.41, 5.74) is 2.43. The summed E-state index contributed by atoms with van der Waals surface area (Å²) in [5, 5.41) is 0.915. The van der Waals surface area contributed by atoms with Gasteiger partial charge in [-0.1, -0.05) is 23.2 Å². The molecule has 0 aromatic carbocycles. The Hall–Kier alpha value is -0.710. The van der Waals surface area contributed by atoms with Crippen molar-refractivity contribution in [3.63, 3.8) is 0 Å². The second-order valence-electron chi connectivity index (χ2n) is 3.47. The first-order chi connectivity index (χ1) is 6.97. The molecule has 15 heavy (non-hydrogen) atoms. The van der Waals surface area contributed by atoms with Crippen LogP contribution in [0.1, 0.15) is 13.8 Å². The number of nitrogens with one attached hydrogen (secondary N) is 1. The number of hydrogen-bond donors (Lipinski definition) is 2. The minimum atomic E-state index is 0.293. The van der Waals surface area contributed by atoms with E-state index in [1.807, 2.05) is 25.8 Å². The van der Waals surface area contributed by atoms with Crippen LogP contribution in [-0.4, -0.2) is 18.1 Å². The third-order valence-electron chi connectivity index (χ3n) is 2.16. The third-order valence-corrected chi connectivity index (χ3v) is 2.72. The average molecular weight is 249 g/mol. The first kappa shape index (κ1) is 12.4. The van der Waals surface area contributed by atoms with E-state index in [2.05, 4.69) is 10.4 Å². The zero-order chi connectivity index (χ0) is 11.6. The Morgan fingerprint density at radius 3 is 2.47 bits per heavy atom. The monoisotopic (exact) mass is 248 g/mol. The van der Waals surface area contributed by atoms with Gasteiger partial charge in [0, 0.05) is 13.1 Å². The molecule has 0 aliphatic carbocycles. The van der Waals surface area contributed by atoms with Crippen LogP contribution in [0.15, 0.2) is 6.07 Å². The molecular weight excluding hydrogens is 235 g/mol. The highest BCUT2D eigenvalue weighted by Crippen LogP contribution is 2.31. The van der Waals surface area contributed by atoms with Crippen LogP contribution in [0.4, 0.5) is 11.6 Å². The smallest absolute Gasteiger partial charge is 0.161 e. The first-order valence-electron chi connectivity index (χ1n) is 4.52. The molecule has 1 heterocycles. The van der Waals surface area contributed by atoms with Crippen molar-refractivity contribution in [2.75, 3.05) is 17.4 Å². The highest BCUT2D eigenvalue weighted by molar-refractivity contribution is 6.37. The lowest BCUT2D eigenvalue weighted by molar-refractivity contribution is 0.744. The lowest BCUT2D eigenvalue weighted by Crippen LogP contribution is -2.27. The number of nitrogens with two attached hydrogens (primary N) is 1. The Balaban J connectivity index is 3.18. The van der Waals surface area contributed by atoms with E-state index in [0.717, 1.165) is 0 Å². The summed E-state index contributed by atoms with van der Waals surface area (Å²) in [4.78, 5) is 6.18. The molecule has 0 saturated heterocycles. The average Bonchev–Trinajstić information content (AvgIpc) is 2.17. The highest BCUT2D eigenvalue weighted by Gasteiger charge is 2.14. The summed E-state index contributed by atoms with van der Waals surface area (Å²) in [6, 6.07) is 1.92. The number of hydrazine groups is 1. The standard InChI is InChI=1S/C9H14Cl2N4/c1-5(2)15(3)9-7(11)4-6(10)8(13-9)14-12/h4-5H,12H2,1-3H3,(H,13,14). The van der Waals surface area contributed by atoms with Crippen LogP contribution in [0, 0.1) is 0 Å². The van der Waals surface area contributed by atoms with E-state index in [1.54, 1.807) is 6.07 Å². The Kier molecular flexibility index (Phi) is 4.02. The minimum absolute atomic E-state index is 0.293. The summed E-state index contributed by atoms with van der Waals surface area (Å²) in [5.74, 6) is 6.36. The largest absolute Gasteiger partial charge is 0.356 e. The molecule has 6 heteroatoms. The zero-order valence-electron chi connectivity index (χ0n) is 8.88. The van der Waals surface area contributed by atoms with E-state index in [-0.39, 0.29) is 0 Å². The number of nitrogens with zero attached hydrogens (tertiary/aromatic N) is 2. The molecule has 0 radical (unpaired) electrons. The summed E-state index contributed by atoms with van der Waals surface area (Å²) in [7, 11) is 1.91. The molecule has 3 N–H and O–H groups in total. The van der Waals surface area contributed by atoms with Gasteiger partial charge in [0.05, 0.1) is 10.0 Å². The topological polar surface area (TPSA) is 54.2 Å². The molecule has 1 aromatic heterocycles. The molecule has 0 atom stereocenters. The van der Waals surface area contributed by atoms with Crippen molar-refractivity contribution < 1.29 is 0 Å². The van der Waals surface area contributed by atoms with Crippen LogP contribution in [-0.2, 0) is 0 Å². The summed E-state index contributed by atoms with van der Waals surface area (Å²) in [6.45, 7) is 4.09. The Labute approximate surface area is 99.3 Å². The number of nitrogen functional groups attached to an aromatic ring is 1. The van der Waals surface area contributed by atoms with E-state index in [0.29, 0.717) is 27.7 Å². The Morgan fingerprint density at radius 1 is 1.40 bits per heavy atom. The first-order valence-corrected chi connectivity index (χ1v) is 5.28. The van der Waals surface area contributed by atoms with Crippen molar-refractivity contribution in [2.45, 2.75) is 19.9 Å². The van der Waals surface area contributed by atoms with Crippen LogP contribution >= 0.6 is 23.2 Å². The molecule has 4 nitrogen and oxygen atoms in total. The van der Waals surface area contributed by atoms with Gasteiger partial charge in [0.25, 0.3) is 0 Å². The minimum Gasteiger partial charge on any atom is -0.356 e. The van der Waals surface area contributed by atoms with Crippen LogP contribution in [0.2, 0.25) is 10.0 Å². The second-order valence-corrected chi connectivity index (χ2v) is 4.29. The van der Waals surface area contributed by atoms with Crippen molar-refractivity contribution in [3.05, 3.63) is 16.1 Å². The second kappa shape index (κ2) is 4.88. The van der Waals surface area contributed by atoms with Gasteiger partial charge in [0.1, 0.15) is 5.82 Å². The fourth-order valence-electron chi connectivity index (χ4n) is 1.05. The van der Waals surface area contributed by atoms with Gasteiger partial charge in [-0.2, -0.15) is 0 Å². The molecule has 0 unspecified atom stereocenters. The SMILES string of the molecule is CC(C)N(C)c1nc(NN)c(Cl)cc1Cl. The number of hydrogen-bond acceptors (Lipinski definition) is 4. The maximum absolute atomic E-state index is 6.04. The van der Waals surface area contributed by atoms with Gasteiger partial charge in [-0.3, -0.25) is 0 Å². The van der Waals surface area contributed by atoms with Gasteiger partial charge in [-0.05, 0) is 19.9 Å². The zero-order valence-corrected chi connectivity index (χ0v) is 10.4. The maximum Gasteiger partial charge on any atom is 0.161 e. The van der Waals surface area contributed by atoms with Crippen molar-refractivity contribution in [2.24, 2.45) is 5.84 Å². The van der Waals surface area contributed by atoms with Crippen molar-refractivity contribution in [1.82, 2.24) is 4.98 Å². The molecule has 1 rings (SSSR count). The van der Waals surface area contributed by atoms with Gasteiger partial charge >= 0.3 is 0 Å². The molecule has 0 fully saturated rings. The fraction of sp³-hybridized carbons (Fsp3) is 0.444. The van der Waals surface area contributed by atoms with E-state index in [1.165, 1.54) is 0 Å². The summed E-state index contributed by atoms with van der Waals surface area (Å²) >= 11 is 11.9. The molecule has 0 amide bonds. The van der Waals surface area contributed by atoms with Gasteiger partial charge < -0.3 is 10.3 Å². The van der Waals surface area contributed by atoms with Crippen molar-refractivity contribution >= 4 is 34.8 Å². The number of aromatic nitrogens is 1. The van der Waals surface area contributed by atoms with Crippen LogP contribution in [0.5, 0.6) is 0 Å². The number of halogens is 2. The van der Waals surface area contributed by atoms with Gasteiger partial charge in [0.2, 0.25) is 0 Å². The fourth-order valence-corrected chi connectivity index (χ4v) is 1.60. The number of anilines is 2. The van der Waals surface area contributed by atoms with Gasteiger partial charge in [0.15, 0.2) is 5.82 Å². The molecule has 0 aliphatic rings. The molecule has 0 spiro atoms. The van der Waals surface area contributed by atoms with Gasteiger partial charge in [-0.25, -0.2) is 10.8 Å². The lowest BCUT2D eigenvalue weighted by Gasteiger charge is -2.24. The van der Waals surface area contributed by atoms with E-state index >= 15 is 0 Å². The molecule has 0 aliphatic heterocycles. The highest BCUT2D eigenvalue weighted by atomic mass is 35.5. The number of pyridine rings is 1. The van der Waals surface area contributed by atoms with Crippen LogP contribution in [0.3, 0.4) is 0 Å². The molecule has 0 bridgehead atoms. The van der Waals surface area contributed by atoms with E-state index in [9.17, 15) is 0 Å². The molecular formula is C9H14Cl2N4. The lowest BCUT2D eigenvalue weighted by atomic mass is 10.3.